The molecule has 1 saturated heterocycles. The van der Waals surface area contributed by atoms with Gasteiger partial charge in [0, 0.05) is 25.8 Å². The molecule has 1 heterocycles. The van der Waals surface area contributed by atoms with Gasteiger partial charge < -0.3 is 14.8 Å². The van der Waals surface area contributed by atoms with Crippen LogP contribution in [0.3, 0.4) is 0 Å². The lowest BCUT2D eigenvalue weighted by Gasteiger charge is -2.38. The van der Waals surface area contributed by atoms with Gasteiger partial charge in [0.25, 0.3) is 0 Å². The topological polar surface area (TPSA) is 30.5 Å². The molecule has 1 fully saturated rings. The Labute approximate surface area is 99.9 Å². The summed E-state index contributed by atoms with van der Waals surface area (Å²) in [4.78, 5) is 0. The maximum Gasteiger partial charge on any atom is 0.0671 e. The van der Waals surface area contributed by atoms with Crippen LogP contribution in [0.2, 0.25) is 0 Å². The summed E-state index contributed by atoms with van der Waals surface area (Å²) in [5, 5.41) is 3.59. The Balaban J connectivity index is 2.27. The third kappa shape index (κ3) is 4.40. The highest BCUT2D eigenvalue weighted by Crippen LogP contribution is 2.27. The van der Waals surface area contributed by atoms with E-state index in [2.05, 4.69) is 26.1 Å². The molecule has 0 saturated carbocycles. The highest BCUT2D eigenvalue weighted by atomic mass is 16.5. The van der Waals surface area contributed by atoms with Crippen LogP contribution in [0, 0.1) is 0 Å². The van der Waals surface area contributed by atoms with Gasteiger partial charge in [0.1, 0.15) is 0 Å². The van der Waals surface area contributed by atoms with Gasteiger partial charge in [-0.05, 0) is 40.0 Å². The summed E-state index contributed by atoms with van der Waals surface area (Å²) in [6.45, 7) is 11.2. The number of rotatable bonds is 6. The van der Waals surface area contributed by atoms with E-state index in [0.717, 1.165) is 39.0 Å². The first-order valence-electron chi connectivity index (χ1n) is 6.58. The van der Waals surface area contributed by atoms with Crippen molar-refractivity contribution in [1.82, 2.24) is 5.32 Å². The Morgan fingerprint density at radius 2 is 2.25 bits per heavy atom. The second-order valence-electron chi connectivity index (χ2n) is 5.02. The Kier molecular flexibility index (Phi) is 5.73. The SMILES string of the molecule is CCOC(C)CNC1CCOC(C)(CC)C1. The van der Waals surface area contributed by atoms with Crippen LogP contribution >= 0.6 is 0 Å². The van der Waals surface area contributed by atoms with Crippen LogP contribution < -0.4 is 5.32 Å². The number of hydrogen-bond donors (Lipinski definition) is 1. The van der Waals surface area contributed by atoms with Crippen LogP contribution in [0.5, 0.6) is 0 Å². The standard InChI is InChI=1S/C13H27NO2/c1-5-13(4)9-12(7-8-16-13)14-10-11(3)15-6-2/h11-12,14H,5-10H2,1-4H3. The van der Waals surface area contributed by atoms with Crippen molar-refractivity contribution < 1.29 is 9.47 Å². The highest BCUT2D eigenvalue weighted by Gasteiger charge is 2.31. The third-order valence-electron chi connectivity index (χ3n) is 3.49. The summed E-state index contributed by atoms with van der Waals surface area (Å²) in [5.74, 6) is 0. The van der Waals surface area contributed by atoms with Crippen molar-refractivity contribution in [3.05, 3.63) is 0 Å². The average molecular weight is 229 g/mol. The van der Waals surface area contributed by atoms with Crippen LogP contribution in [0.25, 0.3) is 0 Å². The van der Waals surface area contributed by atoms with Crippen molar-refractivity contribution in [3.63, 3.8) is 0 Å². The molecule has 0 aliphatic carbocycles. The second-order valence-corrected chi connectivity index (χ2v) is 5.02. The Morgan fingerprint density at radius 1 is 1.50 bits per heavy atom. The van der Waals surface area contributed by atoms with Crippen molar-refractivity contribution in [3.8, 4) is 0 Å². The summed E-state index contributed by atoms with van der Waals surface area (Å²) < 4.78 is 11.3. The molecule has 3 atom stereocenters. The van der Waals surface area contributed by atoms with Crippen molar-refractivity contribution in [2.75, 3.05) is 19.8 Å². The molecule has 1 aliphatic rings. The maximum atomic E-state index is 5.83. The zero-order chi connectivity index (χ0) is 12.0. The van der Waals surface area contributed by atoms with Gasteiger partial charge in [-0.15, -0.1) is 0 Å². The van der Waals surface area contributed by atoms with Crippen molar-refractivity contribution >= 4 is 0 Å². The molecule has 0 spiro atoms. The first kappa shape index (κ1) is 13.9. The first-order chi connectivity index (χ1) is 7.59. The molecule has 3 heteroatoms. The number of nitrogens with one attached hydrogen (secondary N) is 1. The molecule has 96 valence electrons. The van der Waals surface area contributed by atoms with Crippen LogP contribution in [-0.2, 0) is 9.47 Å². The van der Waals surface area contributed by atoms with Crippen molar-refractivity contribution in [2.24, 2.45) is 0 Å². The van der Waals surface area contributed by atoms with Crippen molar-refractivity contribution in [2.45, 2.75) is 64.7 Å². The first-order valence-corrected chi connectivity index (χ1v) is 6.58. The van der Waals surface area contributed by atoms with E-state index >= 15 is 0 Å². The normalized spacial score (nSPS) is 32.6. The molecular formula is C13H27NO2. The van der Waals surface area contributed by atoms with E-state index in [1.807, 2.05) is 6.92 Å². The molecule has 0 aromatic heterocycles. The maximum absolute atomic E-state index is 5.83. The third-order valence-corrected chi connectivity index (χ3v) is 3.49. The minimum Gasteiger partial charge on any atom is -0.377 e. The molecule has 16 heavy (non-hydrogen) atoms. The largest absolute Gasteiger partial charge is 0.377 e. The van der Waals surface area contributed by atoms with Gasteiger partial charge in [0.2, 0.25) is 0 Å². The molecule has 0 amide bonds. The molecule has 1 aliphatic heterocycles. The molecule has 0 bridgehead atoms. The Morgan fingerprint density at radius 3 is 2.88 bits per heavy atom. The smallest absolute Gasteiger partial charge is 0.0671 e. The van der Waals surface area contributed by atoms with Crippen molar-refractivity contribution in [1.29, 1.82) is 0 Å². The molecule has 3 nitrogen and oxygen atoms in total. The van der Waals surface area contributed by atoms with E-state index < -0.39 is 0 Å². The van der Waals surface area contributed by atoms with Crippen LogP contribution in [0.1, 0.15) is 47.0 Å². The van der Waals surface area contributed by atoms with Crippen LogP contribution in [-0.4, -0.2) is 37.5 Å². The fraction of sp³-hybridized carbons (Fsp3) is 1.00. The van der Waals surface area contributed by atoms with E-state index in [0.29, 0.717) is 12.1 Å². The molecule has 0 aromatic rings. The van der Waals surface area contributed by atoms with Gasteiger partial charge in [-0.25, -0.2) is 0 Å². The van der Waals surface area contributed by atoms with E-state index in [9.17, 15) is 0 Å². The minimum atomic E-state index is 0.0742. The lowest BCUT2D eigenvalue weighted by molar-refractivity contribution is -0.0791. The van der Waals surface area contributed by atoms with Gasteiger partial charge in [-0.1, -0.05) is 6.92 Å². The van der Waals surface area contributed by atoms with Gasteiger partial charge in [0.05, 0.1) is 11.7 Å². The summed E-state index contributed by atoms with van der Waals surface area (Å²) in [5.41, 5.74) is 0.0742. The summed E-state index contributed by atoms with van der Waals surface area (Å²) in [6, 6.07) is 0.585. The Hall–Kier alpha value is -0.120. The fourth-order valence-corrected chi connectivity index (χ4v) is 2.23. The van der Waals surface area contributed by atoms with Gasteiger partial charge in [-0.2, -0.15) is 0 Å². The zero-order valence-electron chi connectivity index (χ0n) is 11.2. The Bertz CT molecular complexity index is 198. The van der Waals surface area contributed by atoms with E-state index in [4.69, 9.17) is 9.47 Å². The molecule has 1 rings (SSSR count). The summed E-state index contributed by atoms with van der Waals surface area (Å²) >= 11 is 0. The fourth-order valence-electron chi connectivity index (χ4n) is 2.23. The lowest BCUT2D eigenvalue weighted by Crippen LogP contribution is -2.46. The molecule has 0 radical (unpaired) electrons. The molecular weight excluding hydrogens is 202 g/mol. The number of hydrogen-bond acceptors (Lipinski definition) is 3. The zero-order valence-corrected chi connectivity index (χ0v) is 11.2. The van der Waals surface area contributed by atoms with Gasteiger partial charge in [0.15, 0.2) is 0 Å². The monoisotopic (exact) mass is 229 g/mol. The highest BCUT2D eigenvalue weighted by molar-refractivity contribution is 4.85. The van der Waals surface area contributed by atoms with E-state index in [1.54, 1.807) is 0 Å². The lowest BCUT2D eigenvalue weighted by atomic mass is 9.90. The number of ether oxygens (including phenoxy) is 2. The molecule has 0 aromatic carbocycles. The van der Waals surface area contributed by atoms with E-state index in [-0.39, 0.29) is 5.60 Å². The molecule has 1 N–H and O–H groups in total. The van der Waals surface area contributed by atoms with Crippen LogP contribution in [0.15, 0.2) is 0 Å². The van der Waals surface area contributed by atoms with Gasteiger partial charge >= 0.3 is 0 Å². The predicted octanol–water partition coefficient (Wildman–Crippen LogP) is 2.35. The minimum absolute atomic E-state index is 0.0742. The van der Waals surface area contributed by atoms with E-state index in [1.165, 1.54) is 0 Å². The summed E-state index contributed by atoms with van der Waals surface area (Å²) in [6.07, 6.45) is 3.63. The summed E-state index contributed by atoms with van der Waals surface area (Å²) in [7, 11) is 0. The van der Waals surface area contributed by atoms with Crippen LogP contribution in [0.4, 0.5) is 0 Å². The second kappa shape index (κ2) is 6.58. The van der Waals surface area contributed by atoms with Gasteiger partial charge in [-0.3, -0.25) is 0 Å². The quantitative estimate of drug-likeness (QED) is 0.758. The predicted molar refractivity (Wildman–Crippen MR) is 66.8 cm³/mol. The average Bonchev–Trinajstić information content (AvgIpc) is 2.27. The molecule has 3 unspecified atom stereocenters.